The molecule has 0 aliphatic rings. The van der Waals surface area contributed by atoms with Crippen LogP contribution in [0.5, 0.6) is 0 Å². The van der Waals surface area contributed by atoms with Crippen LogP contribution in [0.2, 0.25) is 0 Å². The van der Waals surface area contributed by atoms with Crippen molar-refractivity contribution >= 4 is 11.7 Å². The molecular formula is C17H27N5O2. The van der Waals surface area contributed by atoms with E-state index in [2.05, 4.69) is 41.7 Å². The van der Waals surface area contributed by atoms with Gasteiger partial charge in [-0.25, -0.2) is 4.79 Å². The van der Waals surface area contributed by atoms with Crippen LogP contribution in [0.3, 0.4) is 0 Å². The summed E-state index contributed by atoms with van der Waals surface area (Å²) in [6, 6.07) is -0.447. The van der Waals surface area contributed by atoms with Crippen molar-refractivity contribution in [2.24, 2.45) is 0 Å². The Morgan fingerprint density at radius 2 is 2.04 bits per heavy atom. The molecule has 2 amide bonds. The number of carbonyl (C=O) groups excluding carboxylic acids is 1. The van der Waals surface area contributed by atoms with Gasteiger partial charge < -0.3 is 15.2 Å². The smallest absolute Gasteiger partial charge is 0.319 e. The molecule has 0 saturated carbocycles. The number of nitrogens with one attached hydrogen (secondary N) is 2. The summed E-state index contributed by atoms with van der Waals surface area (Å²) >= 11 is 0. The molecule has 2 N–H and O–H groups in total. The van der Waals surface area contributed by atoms with Crippen LogP contribution in [0.15, 0.2) is 10.7 Å². The maximum Gasteiger partial charge on any atom is 0.319 e. The Hall–Kier alpha value is -2.31. The first-order valence-corrected chi connectivity index (χ1v) is 8.22. The Bertz CT molecular complexity index is 724. The van der Waals surface area contributed by atoms with E-state index in [0.29, 0.717) is 17.9 Å². The zero-order chi connectivity index (χ0) is 18.1. The van der Waals surface area contributed by atoms with Crippen molar-refractivity contribution in [3.63, 3.8) is 0 Å². The van der Waals surface area contributed by atoms with E-state index in [1.165, 1.54) is 0 Å². The van der Waals surface area contributed by atoms with E-state index in [0.717, 1.165) is 17.0 Å². The molecule has 2 aromatic heterocycles. The maximum atomic E-state index is 12.3. The summed E-state index contributed by atoms with van der Waals surface area (Å²) in [5.41, 5.74) is 3.20. The molecule has 0 aliphatic carbocycles. The second kappa shape index (κ2) is 6.67. The van der Waals surface area contributed by atoms with Crippen LogP contribution in [-0.2, 0) is 12.0 Å². The lowest BCUT2D eigenvalue weighted by atomic mass is 10.1. The van der Waals surface area contributed by atoms with Crippen LogP contribution in [0.25, 0.3) is 0 Å². The summed E-state index contributed by atoms with van der Waals surface area (Å²) in [6.45, 7) is 13.9. The third-order valence-electron chi connectivity index (χ3n) is 3.95. The molecule has 1 unspecified atom stereocenters. The number of hydrogen-bond acceptors (Lipinski definition) is 4. The van der Waals surface area contributed by atoms with E-state index in [1.54, 1.807) is 6.92 Å². The third kappa shape index (κ3) is 3.77. The van der Waals surface area contributed by atoms with Crippen molar-refractivity contribution in [2.75, 3.05) is 5.32 Å². The summed E-state index contributed by atoms with van der Waals surface area (Å²) in [5, 5.41) is 14.3. The highest BCUT2D eigenvalue weighted by atomic mass is 16.5. The molecule has 2 rings (SSSR count). The van der Waals surface area contributed by atoms with Crippen molar-refractivity contribution < 1.29 is 9.32 Å². The minimum atomic E-state index is -0.286. The number of aromatic nitrogens is 3. The Morgan fingerprint density at radius 1 is 1.38 bits per heavy atom. The molecule has 0 saturated heterocycles. The van der Waals surface area contributed by atoms with E-state index >= 15 is 0 Å². The minimum absolute atomic E-state index is 0.0966. The van der Waals surface area contributed by atoms with Crippen LogP contribution in [0, 0.1) is 13.8 Å². The zero-order valence-electron chi connectivity index (χ0n) is 15.5. The fourth-order valence-corrected chi connectivity index (χ4v) is 2.49. The summed E-state index contributed by atoms with van der Waals surface area (Å²) in [7, 11) is 0. The molecule has 132 valence electrons. The van der Waals surface area contributed by atoms with Gasteiger partial charge in [0.2, 0.25) is 0 Å². The van der Waals surface area contributed by atoms with Gasteiger partial charge in [0.05, 0.1) is 17.3 Å². The lowest BCUT2D eigenvalue weighted by molar-refractivity contribution is 0.249. The second-order valence-corrected chi connectivity index (χ2v) is 7.02. The largest absolute Gasteiger partial charge is 0.359 e. The first-order valence-electron chi connectivity index (χ1n) is 8.22. The number of nitrogens with zero attached hydrogens (tertiary/aromatic N) is 3. The number of anilines is 1. The summed E-state index contributed by atoms with van der Waals surface area (Å²) in [6.07, 6.45) is 2.68. The minimum Gasteiger partial charge on any atom is -0.359 e. The van der Waals surface area contributed by atoms with Crippen LogP contribution in [0.4, 0.5) is 10.5 Å². The lowest BCUT2D eigenvalue weighted by Gasteiger charge is -2.19. The third-order valence-corrected chi connectivity index (χ3v) is 3.95. The summed E-state index contributed by atoms with van der Waals surface area (Å²) < 4.78 is 7.05. The van der Waals surface area contributed by atoms with Gasteiger partial charge in [-0.15, -0.1) is 0 Å². The van der Waals surface area contributed by atoms with E-state index in [9.17, 15) is 4.79 Å². The van der Waals surface area contributed by atoms with Crippen molar-refractivity contribution in [3.05, 3.63) is 28.9 Å². The molecule has 2 aromatic rings. The molecule has 1 atom stereocenters. The van der Waals surface area contributed by atoms with Gasteiger partial charge in [-0.2, -0.15) is 5.10 Å². The van der Waals surface area contributed by atoms with E-state index in [4.69, 9.17) is 4.52 Å². The molecule has 0 radical (unpaired) electrons. The molecule has 0 aliphatic heterocycles. The van der Waals surface area contributed by atoms with Gasteiger partial charge in [0.1, 0.15) is 11.4 Å². The van der Waals surface area contributed by atoms with Gasteiger partial charge in [0.15, 0.2) is 5.76 Å². The van der Waals surface area contributed by atoms with E-state index < -0.39 is 0 Å². The van der Waals surface area contributed by atoms with E-state index in [1.807, 2.05) is 31.6 Å². The Kier molecular flexibility index (Phi) is 5.01. The van der Waals surface area contributed by atoms with Gasteiger partial charge >= 0.3 is 6.03 Å². The number of rotatable bonds is 4. The average Bonchev–Trinajstić information content (AvgIpc) is 3.02. The van der Waals surface area contributed by atoms with Gasteiger partial charge in [-0.05, 0) is 48.0 Å². The van der Waals surface area contributed by atoms with Crippen molar-refractivity contribution in [2.45, 2.75) is 66.5 Å². The van der Waals surface area contributed by atoms with Gasteiger partial charge in [-0.1, -0.05) is 12.1 Å². The highest BCUT2D eigenvalue weighted by Gasteiger charge is 2.21. The van der Waals surface area contributed by atoms with Crippen molar-refractivity contribution in [3.8, 4) is 0 Å². The first kappa shape index (κ1) is 18.0. The standard InChI is InChI=1S/C17H27N5O2/c1-8-14-15(12(4)24-21-14)19-16(23)18-10(2)13-9-22(17(5,6)7)20-11(13)3/h9-10H,8H2,1-7H3,(H2,18,19,23). The topological polar surface area (TPSA) is 85.0 Å². The van der Waals surface area contributed by atoms with Crippen molar-refractivity contribution in [1.82, 2.24) is 20.3 Å². The van der Waals surface area contributed by atoms with Gasteiger partial charge in [0, 0.05) is 11.8 Å². The number of aryl methyl sites for hydroxylation is 3. The number of carbonyl (C=O) groups is 1. The predicted octanol–water partition coefficient (Wildman–Crippen LogP) is 3.69. The molecule has 7 nitrogen and oxygen atoms in total. The fourth-order valence-electron chi connectivity index (χ4n) is 2.49. The maximum absolute atomic E-state index is 12.3. The van der Waals surface area contributed by atoms with Crippen molar-refractivity contribution in [1.29, 1.82) is 0 Å². The molecule has 7 heteroatoms. The predicted molar refractivity (Wildman–Crippen MR) is 93.1 cm³/mol. The highest BCUT2D eigenvalue weighted by molar-refractivity contribution is 5.90. The number of amides is 2. The van der Waals surface area contributed by atoms with Gasteiger partial charge in [0.25, 0.3) is 0 Å². The SMILES string of the molecule is CCc1noc(C)c1NC(=O)NC(C)c1cn(C(C)(C)C)nc1C. The zero-order valence-corrected chi connectivity index (χ0v) is 15.5. The Balaban J connectivity index is 2.09. The molecular weight excluding hydrogens is 306 g/mol. The summed E-state index contributed by atoms with van der Waals surface area (Å²) in [4.78, 5) is 12.3. The molecule has 0 aromatic carbocycles. The lowest BCUT2D eigenvalue weighted by Crippen LogP contribution is -2.31. The molecule has 2 heterocycles. The normalized spacial score (nSPS) is 13.0. The average molecular weight is 333 g/mol. The Labute approximate surface area is 142 Å². The number of hydrogen-bond donors (Lipinski definition) is 2. The molecule has 24 heavy (non-hydrogen) atoms. The van der Waals surface area contributed by atoms with Crippen LogP contribution < -0.4 is 10.6 Å². The monoisotopic (exact) mass is 333 g/mol. The quantitative estimate of drug-likeness (QED) is 0.893. The fraction of sp³-hybridized carbons (Fsp3) is 0.588. The Morgan fingerprint density at radius 3 is 2.58 bits per heavy atom. The van der Waals surface area contributed by atoms with Crippen LogP contribution in [0.1, 0.15) is 63.4 Å². The molecule has 0 bridgehead atoms. The summed E-state index contributed by atoms with van der Waals surface area (Å²) in [5.74, 6) is 0.603. The molecule has 0 spiro atoms. The van der Waals surface area contributed by atoms with Crippen LogP contribution >= 0.6 is 0 Å². The second-order valence-electron chi connectivity index (χ2n) is 7.02. The van der Waals surface area contributed by atoms with Crippen LogP contribution in [-0.4, -0.2) is 21.0 Å². The van der Waals surface area contributed by atoms with E-state index in [-0.39, 0.29) is 17.6 Å². The number of urea groups is 1. The van der Waals surface area contributed by atoms with Gasteiger partial charge in [-0.3, -0.25) is 4.68 Å². The highest BCUT2D eigenvalue weighted by Crippen LogP contribution is 2.23. The first-order chi connectivity index (χ1) is 11.1. The molecule has 0 fully saturated rings.